The molecule has 1 aliphatic rings. The summed E-state index contributed by atoms with van der Waals surface area (Å²) in [5.74, 6) is 2.57. The summed E-state index contributed by atoms with van der Waals surface area (Å²) in [5.41, 5.74) is 2.06. The molecule has 0 aromatic heterocycles. The first kappa shape index (κ1) is 22.5. The Labute approximate surface area is 183 Å². The van der Waals surface area contributed by atoms with Crippen molar-refractivity contribution in [1.29, 1.82) is 0 Å². The van der Waals surface area contributed by atoms with Gasteiger partial charge in [0.1, 0.15) is 11.5 Å². The first-order valence-electron chi connectivity index (χ1n) is 8.96. The molecule has 2 aromatic rings. The number of aliphatic imine (C=N–C) groups is 1. The van der Waals surface area contributed by atoms with E-state index in [1.807, 2.05) is 55.5 Å². The van der Waals surface area contributed by atoms with E-state index in [1.54, 1.807) is 7.05 Å². The second kappa shape index (κ2) is 10.1. The Kier molecular flexibility index (Phi) is 8.11. The molecule has 0 spiro atoms. The lowest BCUT2D eigenvalue weighted by atomic mass is 10.2. The number of ether oxygens (including phenoxy) is 1. The largest absolute Gasteiger partial charge is 0.457 e. The highest BCUT2D eigenvalue weighted by molar-refractivity contribution is 14.0. The van der Waals surface area contributed by atoms with Gasteiger partial charge in [-0.25, -0.2) is 8.42 Å². The molecule has 0 aliphatic carbocycles. The lowest BCUT2D eigenvalue weighted by molar-refractivity contribution is 0.471. The van der Waals surface area contributed by atoms with Gasteiger partial charge >= 0.3 is 0 Å². The van der Waals surface area contributed by atoms with E-state index in [4.69, 9.17) is 4.74 Å². The van der Waals surface area contributed by atoms with E-state index in [-0.39, 0.29) is 41.5 Å². The van der Waals surface area contributed by atoms with Crippen molar-refractivity contribution >= 4 is 39.8 Å². The van der Waals surface area contributed by atoms with Gasteiger partial charge in [-0.2, -0.15) is 0 Å². The van der Waals surface area contributed by atoms with Gasteiger partial charge in [-0.1, -0.05) is 36.4 Å². The van der Waals surface area contributed by atoms with Crippen LogP contribution in [0.2, 0.25) is 0 Å². The highest BCUT2D eigenvalue weighted by Crippen LogP contribution is 2.27. The number of nitrogens with zero attached hydrogens (tertiary/aromatic N) is 1. The standard InChI is InChI=1S/C20H25N3O3S.HI/c1-15-7-3-5-9-18(15)26-19-10-6-4-8-16(19)13-22-20(21-2)23-17-11-12-27(24,25)14-17;/h3-10,17H,11-14H2,1-2H3,(H2,21,22,23);1H. The third-order valence-electron chi connectivity index (χ3n) is 4.53. The predicted octanol–water partition coefficient (Wildman–Crippen LogP) is 3.26. The first-order valence-corrected chi connectivity index (χ1v) is 10.8. The highest BCUT2D eigenvalue weighted by Gasteiger charge is 2.28. The summed E-state index contributed by atoms with van der Waals surface area (Å²) in [7, 11) is -1.25. The van der Waals surface area contributed by atoms with Crippen LogP contribution in [0.3, 0.4) is 0 Å². The van der Waals surface area contributed by atoms with Crippen molar-refractivity contribution in [2.75, 3.05) is 18.6 Å². The zero-order chi connectivity index (χ0) is 19.3. The predicted molar refractivity (Wildman–Crippen MR) is 124 cm³/mol. The molecule has 1 heterocycles. The number of nitrogens with one attached hydrogen (secondary N) is 2. The van der Waals surface area contributed by atoms with Crippen LogP contribution in [0, 0.1) is 6.92 Å². The van der Waals surface area contributed by atoms with E-state index in [1.165, 1.54) is 0 Å². The molecule has 0 radical (unpaired) electrons. The summed E-state index contributed by atoms with van der Waals surface area (Å²) in [5, 5.41) is 6.43. The SMILES string of the molecule is CN=C(NCc1ccccc1Oc1ccccc1C)NC1CCS(=O)(=O)C1.I. The Morgan fingerprint density at radius 2 is 1.82 bits per heavy atom. The van der Waals surface area contributed by atoms with Crippen LogP contribution in [0.25, 0.3) is 0 Å². The molecule has 8 heteroatoms. The second-order valence-electron chi connectivity index (χ2n) is 6.65. The van der Waals surface area contributed by atoms with Crippen molar-refractivity contribution in [3.8, 4) is 11.5 Å². The number of sulfone groups is 1. The zero-order valence-electron chi connectivity index (χ0n) is 16.0. The third-order valence-corrected chi connectivity index (χ3v) is 6.30. The van der Waals surface area contributed by atoms with Gasteiger partial charge in [-0.3, -0.25) is 4.99 Å². The first-order chi connectivity index (χ1) is 13.0. The van der Waals surface area contributed by atoms with E-state index in [9.17, 15) is 8.42 Å². The van der Waals surface area contributed by atoms with Gasteiger partial charge in [0.05, 0.1) is 11.5 Å². The van der Waals surface area contributed by atoms with E-state index < -0.39 is 9.84 Å². The normalized spacial score (nSPS) is 18.2. The van der Waals surface area contributed by atoms with E-state index in [2.05, 4.69) is 15.6 Å². The van der Waals surface area contributed by atoms with Crippen LogP contribution in [-0.2, 0) is 16.4 Å². The van der Waals surface area contributed by atoms with E-state index in [0.717, 1.165) is 22.6 Å². The topological polar surface area (TPSA) is 79.8 Å². The lowest BCUT2D eigenvalue weighted by Crippen LogP contribution is -2.43. The molecular weight excluding hydrogens is 489 g/mol. The van der Waals surface area contributed by atoms with Gasteiger partial charge in [0.15, 0.2) is 15.8 Å². The zero-order valence-corrected chi connectivity index (χ0v) is 19.2. The molecule has 3 rings (SSSR count). The lowest BCUT2D eigenvalue weighted by Gasteiger charge is -2.17. The quantitative estimate of drug-likeness (QED) is 0.363. The average Bonchev–Trinajstić information content (AvgIpc) is 3.00. The summed E-state index contributed by atoms with van der Waals surface area (Å²) in [4.78, 5) is 4.20. The molecule has 2 N–H and O–H groups in total. The molecule has 1 aliphatic heterocycles. The number of hydrogen-bond donors (Lipinski definition) is 2. The number of benzene rings is 2. The van der Waals surface area contributed by atoms with Crippen LogP contribution in [0.5, 0.6) is 11.5 Å². The smallest absolute Gasteiger partial charge is 0.191 e. The molecule has 0 bridgehead atoms. The number of halogens is 1. The number of guanidine groups is 1. The minimum Gasteiger partial charge on any atom is -0.457 e. The van der Waals surface area contributed by atoms with Crippen LogP contribution in [0.15, 0.2) is 53.5 Å². The molecule has 6 nitrogen and oxygen atoms in total. The maximum Gasteiger partial charge on any atom is 0.191 e. The maximum atomic E-state index is 11.6. The fraction of sp³-hybridized carbons (Fsp3) is 0.350. The van der Waals surface area contributed by atoms with Gasteiger partial charge < -0.3 is 15.4 Å². The molecule has 28 heavy (non-hydrogen) atoms. The fourth-order valence-electron chi connectivity index (χ4n) is 3.01. The van der Waals surface area contributed by atoms with Gasteiger partial charge in [0.25, 0.3) is 0 Å². The summed E-state index contributed by atoms with van der Waals surface area (Å²) in [6.45, 7) is 2.53. The Morgan fingerprint density at radius 1 is 1.14 bits per heavy atom. The molecule has 0 amide bonds. The summed E-state index contributed by atoms with van der Waals surface area (Å²) in [6, 6.07) is 15.6. The third kappa shape index (κ3) is 6.10. The Bertz CT molecular complexity index is 932. The Balaban J connectivity index is 0.00000280. The number of hydrogen-bond acceptors (Lipinski definition) is 4. The van der Waals surface area contributed by atoms with E-state index in [0.29, 0.717) is 18.9 Å². The van der Waals surface area contributed by atoms with Crippen LogP contribution in [-0.4, -0.2) is 39.0 Å². The molecule has 2 aromatic carbocycles. The maximum absolute atomic E-state index is 11.6. The van der Waals surface area contributed by atoms with Crippen molar-refractivity contribution in [3.05, 3.63) is 59.7 Å². The number of para-hydroxylation sites is 2. The van der Waals surface area contributed by atoms with Gasteiger partial charge in [0.2, 0.25) is 0 Å². The van der Waals surface area contributed by atoms with Crippen LogP contribution in [0.1, 0.15) is 17.5 Å². The molecule has 1 unspecified atom stereocenters. The molecule has 1 saturated heterocycles. The van der Waals surface area contributed by atoms with Gasteiger partial charge in [-0.05, 0) is 31.0 Å². The molecular formula is C20H26IN3O3S. The fourth-order valence-corrected chi connectivity index (χ4v) is 4.69. The molecule has 1 fully saturated rings. The molecule has 152 valence electrons. The Morgan fingerprint density at radius 3 is 2.46 bits per heavy atom. The molecule has 0 saturated carbocycles. The van der Waals surface area contributed by atoms with Crippen molar-refractivity contribution in [2.24, 2.45) is 4.99 Å². The van der Waals surface area contributed by atoms with Crippen LogP contribution < -0.4 is 15.4 Å². The monoisotopic (exact) mass is 515 g/mol. The molecule has 1 atom stereocenters. The Hall–Kier alpha value is -1.81. The number of rotatable bonds is 5. The number of aryl methyl sites for hydroxylation is 1. The minimum atomic E-state index is -2.93. The minimum absolute atomic E-state index is 0. The van der Waals surface area contributed by atoms with Crippen molar-refractivity contribution in [3.63, 3.8) is 0 Å². The van der Waals surface area contributed by atoms with Crippen molar-refractivity contribution < 1.29 is 13.2 Å². The van der Waals surface area contributed by atoms with Crippen molar-refractivity contribution in [2.45, 2.75) is 25.9 Å². The van der Waals surface area contributed by atoms with Crippen LogP contribution >= 0.6 is 24.0 Å². The van der Waals surface area contributed by atoms with Gasteiger partial charge in [0, 0.05) is 25.2 Å². The van der Waals surface area contributed by atoms with E-state index >= 15 is 0 Å². The van der Waals surface area contributed by atoms with Crippen LogP contribution in [0.4, 0.5) is 0 Å². The second-order valence-corrected chi connectivity index (χ2v) is 8.87. The summed E-state index contributed by atoms with van der Waals surface area (Å²) >= 11 is 0. The van der Waals surface area contributed by atoms with Gasteiger partial charge in [-0.15, -0.1) is 24.0 Å². The summed E-state index contributed by atoms with van der Waals surface area (Å²) < 4.78 is 29.3. The highest BCUT2D eigenvalue weighted by atomic mass is 127. The average molecular weight is 515 g/mol. The summed E-state index contributed by atoms with van der Waals surface area (Å²) in [6.07, 6.45) is 0.607. The van der Waals surface area contributed by atoms with Crippen molar-refractivity contribution in [1.82, 2.24) is 10.6 Å².